The van der Waals surface area contributed by atoms with Gasteiger partial charge in [-0.15, -0.1) is 0 Å². The van der Waals surface area contributed by atoms with Gasteiger partial charge in [0.1, 0.15) is 6.04 Å². The van der Waals surface area contributed by atoms with E-state index in [0.29, 0.717) is 0 Å². The third kappa shape index (κ3) is 4.68. The fourth-order valence-electron chi connectivity index (χ4n) is 1.51. The summed E-state index contributed by atoms with van der Waals surface area (Å²) in [5, 5.41) is 2.63. The van der Waals surface area contributed by atoms with Crippen molar-refractivity contribution < 1.29 is 9.59 Å². The Labute approximate surface area is 108 Å². The van der Waals surface area contributed by atoms with Gasteiger partial charge in [-0.2, -0.15) is 0 Å². The summed E-state index contributed by atoms with van der Waals surface area (Å²) in [7, 11) is 3.27. The van der Waals surface area contributed by atoms with Crippen LogP contribution in [0.5, 0.6) is 0 Å². The lowest BCUT2D eigenvalue weighted by Crippen LogP contribution is -2.49. The molecular weight excluding hydrogens is 238 g/mol. The molecule has 0 aromatic rings. The number of hydrogen-bond donors (Lipinski definition) is 2. The molecule has 0 aliphatic heterocycles. The molecule has 0 bridgehead atoms. The first-order chi connectivity index (χ1) is 7.68. The molecule has 3 N–H and O–H groups in total. The number of thiocarbonyl (C=S) groups is 1. The van der Waals surface area contributed by atoms with E-state index in [-0.39, 0.29) is 22.7 Å². The number of nitrogens with zero attached hydrogens (tertiary/aromatic N) is 1. The van der Waals surface area contributed by atoms with E-state index in [2.05, 4.69) is 5.32 Å². The summed E-state index contributed by atoms with van der Waals surface area (Å²) in [5.41, 5.74) is 5.53. The van der Waals surface area contributed by atoms with Gasteiger partial charge in [0.2, 0.25) is 11.8 Å². The van der Waals surface area contributed by atoms with E-state index < -0.39 is 12.0 Å². The number of nitrogens with two attached hydrogens (primary N) is 1. The molecule has 2 unspecified atom stereocenters. The second-order valence-corrected chi connectivity index (χ2v) is 5.06. The van der Waals surface area contributed by atoms with Crippen molar-refractivity contribution >= 4 is 29.0 Å². The molecule has 6 heteroatoms. The SMILES string of the molecule is CC(NC(=O)C(C(N)=S)C(C)C)C(=O)N(C)C. The maximum atomic E-state index is 11.9. The minimum Gasteiger partial charge on any atom is -0.393 e. The Morgan fingerprint density at radius 1 is 1.24 bits per heavy atom. The molecule has 5 nitrogen and oxygen atoms in total. The maximum Gasteiger partial charge on any atom is 0.244 e. The van der Waals surface area contributed by atoms with E-state index in [1.807, 2.05) is 13.8 Å². The lowest BCUT2D eigenvalue weighted by Gasteiger charge is -2.23. The summed E-state index contributed by atoms with van der Waals surface area (Å²) >= 11 is 4.86. The molecule has 0 saturated heterocycles. The van der Waals surface area contributed by atoms with Crippen LogP contribution in [0.1, 0.15) is 20.8 Å². The predicted molar refractivity (Wildman–Crippen MR) is 71.4 cm³/mol. The number of nitrogens with one attached hydrogen (secondary N) is 1. The smallest absolute Gasteiger partial charge is 0.244 e. The standard InChI is InChI=1S/C11H21N3O2S/c1-6(2)8(9(12)17)10(15)13-7(3)11(16)14(4)5/h6-8H,1-5H3,(H2,12,17)(H,13,15). The molecule has 0 aliphatic carbocycles. The summed E-state index contributed by atoms with van der Waals surface area (Å²) in [6, 6.07) is -0.576. The van der Waals surface area contributed by atoms with Gasteiger partial charge in [-0.1, -0.05) is 26.1 Å². The lowest BCUT2D eigenvalue weighted by molar-refractivity contribution is -0.134. The summed E-state index contributed by atoms with van der Waals surface area (Å²) in [6.07, 6.45) is 0. The highest BCUT2D eigenvalue weighted by atomic mass is 32.1. The van der Waals surface area contributed by atoms with Gasteiger partial charge in [0.05, 0.1) is 10.9 Å². The molecule has 0 radical (unpaired) electrons. The van der Waals surface area contributed by atoms with Crippen LogP contribution in [0.3, 0.4) is 0 Å². The Balaban J connectivity index is 4.62. The molecule has 98 valence electrons. The normalized spacial score (nSPS) is 14.0. The number of carbonyl (C=O) groups excluding carboxylic acids is 2. The van der Waals surface area contributed by atoms with Crippen LogP contribution in [-0.2, 0) is 9.59 Å². The van der Waals surface area contributed by atoms with Gasteiger partial charge in [-0.25, -0.2) is 0 Å². The second-order valence-electron chi connectivity index (χ2n) is 4.59. The second kappa shape index (κ2) is 6.54. The first-order valence-electron chi connectivity index (χ1n) is 5.49. The summed E-state index contributed by atoms with van der Waals surface area (Å²) in [5.74, 6) is -0.990. The van der Waals surface area contributed by atoms with Gasteiger partial charge in [0, 0.05) is 14.1 Å². The quantitative estimate of drug-likeness (QED) is 0.689. The van der Waals surface area contributed by atoms with E-state index in [9.17, 15) is 9.59 Å². The van der Waals surface area contributed by atoms with Crippen molar-refractivity contribution in [3.05, 3.63) is 0 Å². The highest BCUT2D eigenvalue weighted by Gasteiger charge is 2.27. The minimum absolute atomic E-state index is 0.00848. The van der Waals surface area contributed by atoms with Crippen LogP contribution in [-0.4, -0.2) is 41.8 Å². The van der Waals surface area contributed by atoms with Crippen molar-refractivity contribution in [2.24, 2.45) is 17.6 Å². The van der Waals surface area contributed by atoms with Crippen molar-refractivity contribution in [2.45, 2.75) is 26.8 Å². The van der Waals surface area contributed by atoms with Crippen LogP contribution in [0.15, 0.2) is 0 Å². The molecule has 0 rings (SSSR count). The highest BCUT2D eigenvalue weighted by molar-refractivity contribution is 7.80. The monoisotopic (exact) mass is 259 g/mol. The minimum atomic E-state index is -0.576. The molecule has 0 heterocycles. The zero-order valence-electron chi connectivity index (χ0n) is 11.0. The molecule has 17 heavy (non-hydrogen) atoms. The zero-order valence-corrected chi connectivity index (χ0v) is 11.8. The first kappa shape index (κ1) is 15.8. The van der Waals surface area contributed by atoms with Gasteiger partial charge in [0.25, 0.3) is 0 Å². The number of likely N-dealkylation sites (N-methyl/N-ethyl adjacent to an activating group) is 1. The van der Waals surface area contributed by atoms with Crippen molar-refractivity contribution in [2.75, 3.05) is 14.1 Å². The number of hydrogen-bond acceptors (Lipinski definition) is 3. The lowest BCUT2D eigenvalue weighted by atomic mass is 9.94. The Morgan fingerprint density at radius 3 is 2.00 bits per heavy atom. The Morgan fingerprint density at radius 2 is 1.71 bits per heavy atom. The van der Waals surface area contributed by atoms with Crippen LogP contribution in [0, 0.1) is 11.8 Å². The van der Waals surface area contributed by atoms with Gasteiger partial charge in [0.15, 0.2) is 0 Å². The first-order valence-corrected chi connectivity index (χ1v) is 5.90. The van der Waals surface area contributed by atoms with Crippen LogP contribution < -0.4 is 11.1 Å². The van der Waals surface area contributed by atoms with Gasteiger partial charge < -0.3 is 16.0 Å². The molecule has 0 saturated carbocycles. The van der Waals surface area contributed by atoms with E-state index in [1.165, 1.54) is 4.90 Å². The molecule has 0 aromatic heterocycles. The van der Waals surface area contributed by atoms with Crippen molar-refractivity contribution in [3.8, 4) is 0 Å². The molecule has 0 fully saturated rings. The van der Waals surface area contributed by atoms with Gasteiger partial charge >= 0.3 is 0 Å². The van der Waals surface area contributed by atoms with Crippen molar-refractivity contribution in [3.63, 3.8) is 0 Å². The number of rotatable bonds is 5. The van der Waals surface area contributed by atoms with Crippen molar-refractivity contribution in [1.29, 1.82) is 0 Å². The fraction of sp³-hybridized carbons (Fsp3) is 0.727. The number of carbonyl (C=O) groups is 2. The van der Waals surface area contributed by atoms with Gasteiger partial charge in [-0.3, -0.25) is 9.59 Å². The molecular formula is C11H21N3O2S. The van der Waals surface area contributed by atoms with Crippen LogP contribution in [0.4, 0.5) is 0 Å². The van der Waals surface area contributed by atoms with Gasteiger partial charge in [-0.05, 0) is 12.8 Å². The average molecular weight is 259 g/mol. The summed E-state index contributed by atoms with van der Waals surface area (Å²) in [6.45, 7) is 5.36. The zero-order chi connectivity index (χ0) is 13.7. The van der Waals surface area contributed by atoms with Crippen LogP contribution >= 0.6 is 12.2 Å². The maximum absolute atomic E-state index is 11.9. The fourth-order valence-corrected chi connectivity index (χ4v) is 1.89. The largest absolute Gasteiger partial charge is 0.393 e. The average Bonchev–Trinajstić information content (AvgIpc) is 2.14. The predicted octanol–water partition coefficient (Wildman–Crippen LogP) is 0.138. The topological polar surface area (TPSA) is 75.4 Å². The highest BCUT2D eigenvalue weighted by Crippen LogP contribution is 2.11. The molecule has 0 aliphatic rings. The Bertz CT molecular complexity index is 316. The van der Waals surface area contributed by atoms with E-state index in [0.717, 1.165) is 0 Å². The molecule has 0 aromatic carbocycles. The third-order valence-electron chi connectivity index (χ3n) is 2.43. The Kier molecular flexibility index (Phi) is 6.09. The summed E-state index contributed by atoms with van der Waals surface area (Å²) in [4.78, 5) is 25.1. The number of amides is 2. The van der Waals surface area contributed by atoms with E-state index in [4.69, 9.17) is 18.0 Å². The molecule has 2 amide bonds. The molecule has 2 atom stereocenters. The summed E-state index contributed by atoms with van der Waals surface area (Å²) < 4.78 is 0. The molecule has 0 spiro atoms. The van der Waals surface area contributed by atoms with Crippen molar-refractivity contribution in [1.82, 2.24) is 10.2 Å². The van der Waals surface area contributed by atoms with Crippen LogP contribution in [0.25, 0.3) is 0 Å². The third-order valence-corrected chi connectivity index (χ3v) is 2.68. The van der Waals surface area contributed by atoms with E-state index in [1.54, 1.807) is 21.0 Å². The van der Waals surface area contributed by atoms with E-state index >= 15 is 0 Å². The van der Waals surface area contributed by atoms with Crippen LogP contribution in [0.2, 0.25) is 0 Å². The Hall–Kier alpha value is -1.17.